The molecular formula is C26H24N2O5S. The minimum atomic E-state index is -1.10. The van der Waals surface area contributed by atoms with Crippen molar-refractivity contribution in [2.45, 2.75) is 32.7 Å². The number of aryl methyl sites for hydroxylation is 1. The van der Waals surface area contributed by atoms with Gasteiger partial charge in [-0.2, -0.15) is 0 Å². The summed E-state index contributed by atoms with van der Waals surface area (Å²) in [6, 6.07) is 16.3. The summed E-state index contributed by atoms with van der Waals surface area (Å²) < 4.78 is 5.14. The molecule has 1 N–H and O–H groups in total. The van der Waals surface area contributed by atoms with Crippen LogP contribution in [-0.2, 0) is 22.4 Å². The molecule has 1 aliphatic rings. The largest absolute Gasteiger partial charge is 0.462 e. The third kappa shape index (κ3) is 4.49. The number of esters is 1. The molecular weight excluding hydrogens is 452 g/mol. The molecule has 0 saturated heterocycles. The van der Waals surface area contributed by atoms with Gasteiger partial charge in [0.25, 0.3) is 11.8 Å². The maximum Gasteiger partial charge on any atom is 0.341 e. The zero-order valence-electron chi connectivity index (χ0n) is 18.9. The van der Waals surface area contributed by atoms with Crippen LogP contribution < -0.4 is 5.32 Å². The first-order valence-electron chi connectivity index (χ1n) is 11.1. The summed E-state index contributed by atoms with van der Waals surface area (Å²) in [5, 5.41) is 3.14. The van der Waals surface area contributed by atoms with Crippen molar-refractivity contribution in [3.05, 3.63) is 87.8 Å². The van der Waals surface area contributed by atoms with Gasteiger partial charge in [0, 0.05) is 11.3 Å². The molecule has 0 radical (unpaired) electrons. The second kappa shape index (κ2) is 10.0. The molecule has 2 heterocycles. The standard InChI is InChI=1S/C26H24N2O5S/c1-3-17-15-20(26(32)33-4-2)23(34-17)27-22(29)21(14-16-10-6-5-7-11-16)28-24(30)18-12-8-9-13-19(18)25(28)31/h5-13,15,21H,3-4,14H2,1-2H3,(H,27,29)/t21-/m0/s1. The van der Waals surface area contributed by atoms with E-state index in [1.54, 1.807) is 37.3 Å². The van der Waals surface area contributed by atoms with Gasteiger partial charge in [-0.25, -0.2) is 4.79 Å². The third-order valence-electron chi connectivity index (χ3n) is 5.58. The predicted octanol–water partition coefficient (Wildman–Crippen LogP) is 4.33. The highest BCUT2D eigenvalue weighted by atomic mass is 32.1. The summed E-state index contributed by atoms with van der Waals surface area (Å²) in [5.74, 6) is -2.10. The van der Waals surface area contributed by atoms with Crippen LogP contribution in [0.15, 0.2) is 60.7 Å². The number of anilines is 1. The quantitative estimate of drug-likeness (QED) is 0.386. The van der Waals surface area contributed by atoms with Crippen molar-refractivity contribution in [2.24, 2.45) is 0 Å². The number of carbonyl (C=O) groups excluding carboxylic acids is 4. The van der Waals surface area contributed by atoms with Crippen LogP contribution in [0.4, 0.5) is 5.00 Å². The highest BCUT2D eigenvalue weighted by Gasteiger charge is 2.43. The molecule has 2 aromatic carbocycles. The van der Waals surface area contributed by atoms with Crippen LogP contribution in [0.3, 0.4) is 0 Å². The Morgan fingerprint density at radius 1 is 0.971 bits per heavy atom. The van der Waals surface area contributed by atoms with E-state index in [4.69, 9.17) is 4.74 Å². The van der Waals surface area contributed by atoms with E-state index >= 15 is 0 Å². The fourth-order valence-corrected chi connectivity index (χ4v) is 4.88. The zero-order valence-corrected chi connectivity index (χ0v) is 19.7. The SMILES string of the molecule is CCOC(=O)c1cc(CC)sc1NC(=O)[C@H](Cc1ccccc1)N1C(=O)c2ccccc2C1=O. The number of fused-ring (bicyclic) bond motifs is 1. The molecule has 174 valence electrons. The zero-order chi connectivity index (χ0) is 24.2. The second-order valence-electron chi connectivity index (χ2n) is 7.75. The van der Waals surface area contributed by atoms with E-state index in [1.807, 2.05) is 37.3 Å². The lowest BCUT2D eigenvalue weighted by Gasteiger charge is -2.25. The van der Waals surface area contributed by atoms with Crippen molar-refractivity contribution >= 4 is 40.0 Å². The van der Waals surface area contributed by atoms with Gasteiger partial charge < -0.3 is 10.1 Å². The number of amides is 3. The molecule has 0 spiro atoms. The Morgan fingerprint density at radius 2 is 1.59 bits per heavy atom. The van der Waals surface area contributed by atoms with Crippen LogP contribution >= 0.6 is 11.3 Å². The maximum absolute atomic E-state index is 13.6. The molecule has 0 unspecified atom stereocenters. The molecule has 1 aliphatic heterocycles. The van der Waals surface area contributed by atoms with Crippen LogP contribution in [0.5, 0.6) is 0 Å². The van der Waals surface area contributed by atoms with E-state index in [9.17, 15) is 19.2 Å². The Kier molecular flexibility index (Phi) is 6.88. The van der Waals surface area contributed by atoms with Gasteiger partial charge in [-0.3, -0.25) is 19.3 Å². The van der Waals surface area contributed by atoms with Gasteiger partial charge in [0.15, 0.2) is 0 Å². The van der Waals surface area contributed by atoms with E-state index < -0.39 is 29.7 Å². The van der Waals surface area contributed by atoms with Gasteiger partial charge in [-0.05, 0) is 37.1 Å². The van der Waals surface area contributed by atoms with E-state index in [0.717, 1.165) is 15.3 Å². The number of benzene rings is 2. The summed E-state index contributed by atoms with van der Waals surface area (Å²) in [6.45, 7) is 3.86. The summed E-state index contributed by atoms with van der Waals surface area (Å²) in [6.07, 6.45) is 0.817. The van der Waals surface area contributed by atoms with Crippen LogP contribution in [0.2, 0.25) is 0 Å². The van der Waals surface area contributed by atoms with Gasteiger partial charge >= 0.3 is 5.97 Å². The summed E-state index contributed by atoms with van der Waals surface area (Å²) in [7, 11) is 0. The number of ether oxygens (including phenoxy) is 1. The Morgan fingerprint density at radius 3 is 2.18 bits per heavy atom. The van der Waals surface area contributed by atoms with E-state index in [2.05, 4.69) is 5.32 Å². The molecule has 3 amide bonds. The number of nitrogens with one attached hydrogen (secondary N) is 1. The van der Waals surface area contributed by atoms with Crippen LogP contribution in [0.25, 0.3) is 0 Å². The number of rotatable bonds is 8. The fourth-order valence-electron chi connectivity index (χ4n) is 3.89. The Labute approximate surface area is 201 Å². The molecule has 0 fully saturated rings. The van der Waals surface area contributed by atoms with Gasteiger partial charge in [-0.15, -0.1) is 11.3 Å². The van der Waals surface area contributed by atoms with E-state index in [-0.39, 0.29) is 29.7 Å². The number of thiophene rings is 1. The predicted molar refractivity (Wildman–Crippen MR) is 129 cm³/mol. The maximum atomic E-state index is 13.6. The average Bonchev–Trinajstić information content (AvgIpc) is 3.37. The molecule has 1 aromatic heterocycles. The van der Waals surface area contributed by atoms with Gasteiger partial charge in [0.1, 0.15) is 11.0 Å². The number of nitrogens with zero attached hydrogens (tertiary/aromatic N) is 1. The Bertz CT molecular complexity index is 1220. The summed E-state index contributed by atoms with van der Waals surface area (Å²) in [4.78, 5) is 54.3. The number of carbonyl (C=O) groups is 4. The molecule has 34 heavy (non-hydrogen) atoms. The Balaban J connectivity index is 1.69. The molecule has 1 atom stereocenters. The van der Waals surface area contributed by atoms with Gasteiger partial charge in [0.2, 0.25) is 5.91 Å². The fraction of sp³-hybridized carbons (Fsp3) is 0.231. The lowest BCUT2D eigenvalue weighted by atomic mass is 10.0. The minimum Gasteiger partial charge on any atom is -0.462 e. The number of hydrogen-bond acceptors (Lipinski definition) is 6. The lowest BCUT2D eigenvalue weighted by Crippen LogP contribution is -2.48. The van der Waals surface area contributed by atoms with Crippen LogP contribution in [0, 0.1) is 0 Å². The summed E-state index contributed by atoms with van der Waals surface area (Å²) >= 11 is 1.28. The van der Waals surface area contributed by atoms with E-state index in [1.165, 1.54) is 11.3 Å². The number of hydrogen-bond donors (Lipinski definition) is 1. The molecule has 8 heteroatoms. The molecule has 3 aromatic rings. The molecule has 0 saturated carbocycles. The highest BCUT2D eigenvalue weighted by Crippen LogP contribution is 2.31. The van der Waals surface area contributed by atoms with Gasteiger partial charge in [-0.1, -0.05) is 49.4 Å². The lowest BCUT2D eigenvalue weighted by molar-refractivity contribution is -0.119. The molecule has 0 aliphatic carbocycles. The van der Waals surface area contributed by atoms with Crippen LogP contribution in [-0.4, -0.2) is 41.2 Å². The van der Waals surface area contributed by atoms with Crippen molar-refractivity contribution in [1.29, 1.82) is 0 Å². The molecule has 4 rings (SSSR count). The van der Waals surface area contributed by atoms with Crippen molar-refractivity contribution < 1.29 is 23.9 Å². The summed E-state index contributed by atoms with van der Waals surface area (Å²) in [5.41, 5.74) is 1.60. The van der Waals surface area contributed by atoms with Crippen LogP contribution in [0.1, 0.15) is 55.4 Å². The van der Waals surface area contributed by atoms with Crippen molar-refractivity contribution in [2.75, 3.05) is 11.9 Å². The smallest absolute Gasteiger partial charge is 0.341 e. The van der Waals surface area contributed by atoms with Crippen molar-refractivity contribution in [3.63, 3.8) is 0 Å². The third-order valence-corrected chi connectivity index (χ3v) is 6.77. The first-order chi connectivity index (χ1) is 16.4. The molecule has 0 bridgehead atoms. The second-order valence-corrected chi connectivity index (χ2v) is 8.89. The first kappa shape index (κ1) is 23.4. The average molecular weight is 477 g/mol. The molecule has 7 nitrogen and oxygen atoms in total. The minimum absolute atomic E-state index is 0.138. The number of imide groups is 1. The normalized spacial score (nSPS) is 13.5. The first-order valence-corrected chi connectivity index (χ1v) is 11.9. The van der Waals surface area contributed by atoms with Gasteiger partial charge in [0.05, 0.1) is 23.3 Å². The highest BCUT2D eigenvalue weighted by molar-refractivity contribution is 7.16. The van der Waals surface area contributed by atoms with Crippen molar-refractivity contribution in [3.8, 4) is 0 Å². The van der Waals surface area contributed by atoms with E-state index in [0.29, 0.717) is 11.4 Å². The Hall–Kier alpha value is -3.78. The monoisotopic (exact) mass is 476 g/mol. The topological polar surface area (TPSA) is 92.8 Å². The van der Waals surface area contributed by atoms with Crippen molar-refractivity contribution in [1.82, 2.24) is 4.90 Å².